The molecule has 8 nitrogen and oxygen atoms in total. The molecule has 5 rings (SSSR count). The zero-order valence-corrected chi connectivity index (χ0v) is 18.6. The molecular formula is C24H18FN3O5S. The van der Waals surface area contributed by atoms with Gasteiger partial charge in [0.15, 0.2) is 11.9 Å². The zero-order valence-electron chi connectivity index (χ0n) is 17.8. The summed E-state index contributed by atoms with van der Waals surface area (Å²) in [5.74, 6) is 0.484. The van der Waals surface area contributed by atoms with Crippen LogP contribution in [0.15, 0.2) is 70.6 Å². The van der Waals surface area contributed by atoms with E-state index in [4.69, 9.17) is 9.47 Å². The van der Waals surface area contributed by atoms with Crippen LogP contribution in [0.5, 0.6) is 5.75 Å². The Morgan fingerprint density at radius 2 is 1.94 bits per heavy atom. The minimum atomic E-state index is -0.457. The lowest BCUT2D eigenvalue weighted by atomic mass is 10.1. The molecule has 0 saturated carbocycles. The van der Waals surface area contributed by atoms with E-state index in [1.54, 1.807) is 36.4 Å². The largest absolute Gasteiger partial charge is 0.467 e. The molecule has 1 aliphatic heterocycles. The highest BCUT2D eigenvalue weighted by atomic mass is 32.2. The normalized spacial score (nSPS) is 12.9. The SMILES string of the molecule is O=c1c2ccccc2nc(SCc2cc([N+](=O)[O-])cc3c2OCOC3)n1Cc1ccc(F)cc1. The first-order chi connectivity index (χ1) is 16.5. The Balaban J connectivity index is 1.55. The quantitative estimate of drug-likeness (QED) is 0.172. The second-order valence-corrected chi connectivity index (χ2v) is 8.62. The molecule has 3 aromatic carbocycles. The number of thioether (sulfide) groups is 1. The van der Waals surface area contributed by atoms with Gasteiger partial charge >= 0.3 is 0 Å². The standard InChI is InChI=1S/C24H18FN3O5S/c25-18-7-5-15(6-8-18)11-27-23(29)20-3-1-2-4-21(20)26-24(27)34-13-17-10-19(28(30)31)9-16-12-32-14-33-22(16)17/h1-10H,11-14H2. The minimum absolute atomic E-state index is 0.0568. The van der Waals surface area contributed by atoms with Crippen molar-refractivity contribution in [1.29, 1.82) is 0 Å². The molecule has 0 amide bonds. The fourth-order valence-corrected chi connectivity index (χ4v) is 4.77. The van der Waals surface area contributed by atoms with Crippen LogP contribution in [0.4, 0.5) is 10.1 Å². The monoisotopic (exact) mass is 479 g/mol. The van der Waals surface area contributed by atoms with Crippen LogP contribution in [0, 0.1) is 15.9 Å². The van der Waals surface area contributed by atoms with Crippen molar-refractivity contribution in [2.45, 2.75) is 24.1 Å². The van der Waals surface area contributed by atoms with Gasteiger partial charge in [0.25, 0.3) is 11.2 Å². The number of non-ortho nitro benzene ring substituents is 1. The fourth-order valence-electron chi connectivity index (χ4n) is 3.81. The summed E-state index contributed by atoms with van der Waals surface area (Å²) in [6.45, 7) is 0.487. The number of nitrogens with zero attached hydrogens (tertiary/aromatic N) is 3. The Kier molecular flexibility index (Phi) is 5.99. The van der Waals surface area contributed by atoms with Crippen LogP contribution in [0.3, 0.4) is 0 Å². The van der Waals surface area contributed by atoms with Crippen molar-refractivity contribution in [2.75, 3.05) is 6.79 Å². The predicted octanol–water partition coefficient (Wildman–Crippen LogP) is 4.65. The first kappa shape index (κ1) is 22.1. The second-order valence-electron chi connectivity index (χ2n) is 7.68. The van der Waals surface area contributed by atoms with Crippen LogP contribution in [0.25, 0.3) is 10.9 Å². The molecule has 0 aliphatic carbocycles. The molecule has 0 bridgehead atoms. The molecule has 1 aromatic heterocycles. The molecule has 2 heterocycles. The van der Waals surface area contributed by atoms with Crippen molar-refractivity contribution < 1.29 is 18.8 Å². The summed E-state index contributed by atoms with van der Waals surface area (Å²) in [4.78, 5) is 29.0. The maximum absolute atomic E-state index is 13.4. The summed E-state index contributed by atoms with van der Waals surface area (Å²) >= 11 is 1.28. The van der Waals surface area contributed by atoms with Crippen LogP contribution in [-0.2, 0) is 23.6 Å². The molecule has 0 N–H and O–H groups in total. The van der Waals surface area contributed by atoms with Gasteiger partial charge in [0.2, 0.25) is 0 Å². The van der Waals surface area contributed by atoms with E-state index in [1.165, 1.54) is 40.6 Å². The third kappa shape index (κ3) is 4.37. The van der Waals surface area contributed by atoms with Gasteiger partial charge in [0.05, 0.1) is 29.0 Å². The average molecular weight is 479 g/mol. The average Bonchev–Trinajstić information content (AvgIpc) is 2.85. The van der Waals surface area contributed by atoms with Crippen molar-refractivity contribution in [1.82, 2.24) is 9.55 Å². The van der Waals surface area contributed by atoms with Gasteiger partial charge in [-0.3, -0.25) is 19.5 Å². The van der Waals surface area contributed by atoms with Gasteiger partial charge in [0.1, 0.15) is 11.6 Å². The van der Waals surface area contributed by atoms with Gasteiger partial charge in [-0.15, -0.1) is 0 Å². The van der Waals surface area contributed by atoms with E-state index >= 15 is 0 Å². The highest BCUT2D eigenvalue weighted by molar-refractivity contribution is 7.98. The molecule has 172 valence electrons. The summed E-state index contributed by atoms with van der Waals surface area (Å²) in [7, 11) is 0. The summed E-state index contributed by atoms with van der Waals surface area (Å²) in [6, 6.07) is 15.9. The van der Waals surface area contributed by atoms with Gasteiger partial charge in [0, 0.05) is 29.0 Å². The number of nitro benzene ring substituents is 1. The Labute approximate surface area is 197 Å². The number of fused-ring (bicyclic) bond motifs is 2. The van der Waals surface area contributed by atoms with E-state index in [9.17, 15) is 19.3 Å². The molecule has 1 aliphatic rings. The smallest absolute Gasteiger partial charge is 0.270 e. The first-order valence-corrected chi connectivity index (χ1v) is 11.4. The first-order valence-electron chi connectivity index (χ1n) is 10.4. The number of ether oxygens (including phenoxy) is 2. The molecule has 34 heavy (non-hydrogen) atoms. The van der Waals surface area contributed by atoms with Crippen molar-refractivity contribution in [3.05, 3.63) is 104 Å². The summed E-state index contributed by atoms with van der Waals surface area (Å²) in [5, 5.41) is 12.3. The van der Waals surface area contributed by atoms with Crippen LogP contribution < -0.4 is 10.3 Å². The lowest BCUT2D eigenvalue weighted by molar-refractivity contribution is -0.385. The van der Waals surface area contributed by atoms with Gasteiger partial charge in [-0.2, -0.15) is 0 Å². The minimum Gasteiger partial charge on any atom is -0.467 e. The van der Waals surface area contributed by atoms with E-state index in [0.717, 1.165) is 5.56 Å². The second kappa shape index (κ2) is 9.24. The topological polar surface area (TPSA) is 96.5 Å². The number of nitro groups is 1. The van der Waals surface area contributed by atoms with Gasteiger partial charge in [-0.25, -0.2) is 9.37 Å². The van der Waals surface area contributed by atoms with E-state index < -0.39 is 4.92 Å². The lowest BCUT2D eigenvalue weighted by Crippen LogP contribution is -2.24. The zero-order chi connectivity index (χ0) is 23.7. The van der Waals surface area contributed by atoms with Crippen molar-refractivity contribution >= 4 is 28.4 Å². The number of para-hydroxylation sites is 1. The maximum atomic E-state index is 13.4. The Bertz CT molecular complexity index is 1460. The molecular weight excluding hydrogens is 461 g/mol. The van der Waals surface area contributed by atoms with Gasteiger partial charge < -0.3 is 9.47 Å². The maximum Gasteiger partial charge on any atom is 0.270 e. The number of hydrogen-bond donors (Lipinski definition) is 0. The van der Waals surface area contributed by atoms with Crippen molar-refractivity contribution in [2.24, 2.45) is 0 Å². The highest BCUT2D eigenvalue weighted by Crippen LogP contribution is 2.36. The number of benzene rings is 3. The molecule has 0 fully saturated rings. The predicted molar refractivity (Wildman–Crippen MR) is 124 cm³/mol. The number of aromatic nitrogens is 2. The van der Waals surface area contributed by atoms with Gasteiger partial charge in [-0.05, 0) is 29.8 Å². The van der Waals surface area contributed by atoms with Crippen molar-refractivity contribution in [3.8, 4) is 5.75 Å². The Hall–Kier alpha value is -3.76. The fraction of sp³-hybridized carbons (Fsp3) is 0.167. The Morgan fingerprint density at radius 3 is 2.74 bits per heavy atom. The Morgan fingerprint density at radius 1 is 1.15 bits per heavy atom. The number of halogens is 1. The van der Waals surface area contributed by atoms with Gasteiger partial charge in [-0.1, -0.05) is 36.0 Å². The van der Waals surface area contributed by atoms with Crippen LogP contribution >= 0.6 is 11.8 Å². The third-order valence-electron chi connectivity index (χ3n) is 5.42. The lowest BCUT2D eigenvalue weighted by Gasteiger charge is -2.20. The molecule has 10 heteroatoms. The van der Waals surface area contributed by atoms with E-state index in [0.29, 0.717) is 32.9 Å². The van der Waals surface area contributed by atoms with E-state index in [-0.39, 0.29) is 42.8 Å². The number of hydrogen-bond acceptors (Lipinski definition) is 7. The third-order valence-corrected chi connectivity index (χ3v) is 6.45. The molecule has 4 aromatic rings. The van der Waals surface area contributed by atoms with E-state index in [1.807, 2.05) is 0 Å². The molecule has 0 unspecified atom stereocenters. The number of rotatable bonds is 6. The van der Waals surface area contributed by atoms with Crippen LogP contribution in [-0.4, -0.2) is 21.3 Å². The van der Waals surface area contributed by atoms with Crippen LogP contribution in [0.1, 0.15) is 16.7 Å². The molecule has 0 radical (unpaired) electrons. The molecule has 0 saturated heterocycles. The van der Waals surface area contributed by atoms with E-state index in [2.05, 4.69) is 4.98 Å². The molecule has 0 spiro atoms. The molecule has 0 atom stereocenters. The summed E-state index contributed by atoms with van der Waals surface area (Å²) in [5.41, 5.74) is 2.24. The summed E-state index contributed by atoms with van der Waals surface area (Å²) in [6.07, 6.45) is 0. The van der Waals surface area contributed by atoms with Crippen LogP contribution in [0.2, 0.25) is 0 Å². The highest BCUT2D eigenvalue weighted by Gasteiger charge is 2.22. The van der Waals surface area contributed by atoms with Crippen molar-refractivity contribution in [3.63, 3.8) is 0 Å². The summed E-state index contributed by atoms with van der Waals surface area (Å²) < 4.78 is 25.8.